The van der Waals surface area contributed by atoms with E-state index in [1.807, 2.05) is 0 Å². The van der Waals surface area contributed by atoms with E-state index in [-0.39, 0.29) is 17.1 Å². The summed E-state index contributed by atoms with van der Waals surface area (Å²) in [6, 6.07) is 1.79. The molecular formula is C13H9F6N3O2. The molecule has 0 spiro atoms. The lowest BCUT2D eigenvalue weighted by molar-refractivity contribution is -0.161. The SMILES string of the molecule is Cc1c(C(=O)OCC(F)(F)F)cnn1-c1ccc(C(F)(F)F)cn1. The van der Waals surface area contributed by atoms with Crippen LogP contribution in [0.15, 0.2) is 24.5 Å². The maximum absolute atomic E-state index is 12.5. The molecule has 2 aromatic rings. The van der Waals surface area contributed by atoms with Crippen LogP contribution in [0.25, 0.3) is 5.82 Å². The molecule has 0 aliphatic carbocycles. The largest absolute Gasteiger partial charge is 0.452 e. The van der Waals surface area contributed by atoms with Gasteiger partial charge in [0.25, 0.3) is 0 Å². The number of carbonyl (C=O) groups excluding carboxylic acids is 1. The zero-order chi connectivity index (χ0) is 18.1. The van der Waals surface area contributed by atoms with Crippen molar-refractivity contribution in [2.24, 2.45) is 0 Å². The van der Waals surface area contributed by atoms with E-state index in [9.17, 15) is 31.1 Å². The lowest BCUT2D eigenvalue weighted by Gasteiger charge is -2.09. The summed E-state index contributed by atoms with van der Waals surface area (Å²) in [4.78, 5) is 15.2. The van der Waals surface area contributed by atoms with Crippen LogP contribution in [0.5, 0.6) is 0 Å². The Morgan fingerprint density at radius 1 is 1.17 bits per heavy atom. The lowest BCUT2D eigenvalue weighted by atomic mass is 10.2. The fourth-order valence-corrected chi connectivity index (χ4v) is 1.75. The maximum atomic E-state index is 12.5. The predicted octanol–water partition coefficient (Wildman–Crippen LogP) is 3.31. The molecule has 2 heterocycles. The Labute approximate surface area is 130 Å². The summed E-state index contributed by atoms with van der Waals surface area (Å²) in [6.07, 6.45) is -7.70. The zero-order valence-corrected chi connectivity index (χ0v) is 11.9. The number of hydrogen-bond donors (Lipinski definition) is 0. The standard InChI is InChI=1S/C13H9F6N3O2/c1-7-9(11(23)24-6-12(14,15)16)5-21-22(7)10-3-2-8(4-20-10)13(17,18)19/h2-5H,6H2,1H3. The topological polar surface area (TPSA) is 57.0 Å². The first kappa shape index (κ1) is 17.8. The molecule has 24 heavy (non-hydrogen) atoms. The second kappa shape index (κ2) is 6.13. The maximum Gasteiger partial charge on any atom is 0.422 e. The van der Waals surface area contributed by atoms with E-state index >= 15 is 0 Å². The molecule has 0 saturated heterocycles. The number of pyridine rings is 1. The number of aromatic nitrogens is 3. The van der Waals surface area contributed by atoms with Crippen molar-refractivity contribution in [1.82, 2.24) is 14.8 Å². The number of ether oxygens (including phenoxy) is 1. The van der Waals surface area contributed by atoms with Gasteiger partial charge in [-0.3, -0.25) is 0 Å². The molecule has 0 amide bonds. The van der Waals surface area contributed by atoms with Gasteiger partial charge in [-0.1, -0.05) is 0 Å². The Bertz CT molecular complexity index is 734. The van der Waals surface area contributed by atoms with Gasteiger partial charge in [-0.25, -0.2) is 14.5 Å². The molecule has 0 radical (unpaired) electrons. The van der Waals surface area contributed by atoms with Gasteiger partial charge in [-0.15, -0.1) is 0 Å². The molecule has 0 fully saturated rings. The third-order valence-electron chi connectivity index (χ3n) is 2.89. The van der Waals surface area contributed by atoms with Crippen LogP contribution in [0, 0.1) is 6.92 Å². The van der Waals surface area contributed by atoms with E-state index in [0.717, 1.165) is 23.0 Å². The van der Waals surface area contributed by atoms with Crippen LogP contribution < -0.4 is 0 Å². The second-order valence-corrected chi connectivity index (χ2v) is 4.65. The Kier molecular flexibility index (Phi) is 4.54. The predicted molar refractivity (Wildman–Crippen MR) is 67.4 cm³/mol. The number of halogens is 6. The van der Waals surface area contributed by atoms with E-state index in [2.05, 4.69) is 14.8 Å². The first-order valence-corrected chi connectivity index (χ1v) is 6.31. The highest BCUT2D eigenvalue weighted by molar-refractivity contribution is 5.90. The van der Waals surface area contributed by atoms with Crippen molar-refractivity contribution < 1.29 is 35.9 Å². The summed E-state index contributed by atoms with van der Waals surface area (Å²) in [7, 11) is 0. The molecule has 0 aliphatic heterocycles. The molecule has 0 bridgehead atoms. The van der Waals surface area contributed by atoms with Crippen LogP contribution in [0.4, 0.5) is 26.3 Å². The third kappa shape index (κ3) is 4.03. The molecule has 5 nitrogen and oxygen atoms in total. The molecule has 11 heteroatoms. The van der Waals surface area contributed by atoms with Crippen molar-refractivity contribution in [1.29, 1.82) is 0 Å². The summed E-state index contributed by atoms with van der Waals surface area (Å²) in [6.45, 7) is -0.411. The van der Waals surface area contributed by atoms with Crippen LogP contribution in [0.2, 0.25) is 0 Å². The monoisotopic (exact) mass is 353 g/mol. The third-order valence-corrected chi connectivity index (χ3v) is 2.89. The minimum Gasteiger partial charge on any atom is -0.452 e. The average Bonchev–Trinajstić information content (AvgIpc) is 2.85. The molecule has 130 valence electrons. The molecule has 0 aromatic carbocycles. The van der Waals surface area contributed by atoms with Gasteiger partial charge in [-0.2, -0.15) is 31.4 Å². The van der Waals surface area contributed by atoms with Crippen LogP contribution in [0.1, 0.15) is 21.6 Å². The first-order chi connectivity index (χ1) is 11.0. The highest BCUT2D eigenvalue weighted by Gasteiger charge is 2.32. The van der Waals surface area contributed by atoms with E-state index in [1.165, 1.54) is 6.92 Å². The number of hydrogen-bond acceptors (Lipinski definition) is 4. The van der Waals surface area contributed by atoms with Crippen molar-refractivity contribution in [3.8, 4) is 5.82 Å². The van der Waals surface area contributed by atoms with Crippen molar-refractivity contribution in [2.45, 2.75) is 19.3 Å². The van der Waals surface area contributed by atoms with Gasteiger partial charge >= 0.3 is 18.3 Å². The van der Waals surface area contributed by atoms with Crippen LogP contribution in [0.3, 0.4) is 0 Å². The van der Waals surface area contributed by atoms with E-state index in [4.69, 9.17) is 0 Å². The average molecular weight is 353 g/mol. The molecule has 0 N–H and O–H groups in total. The minimum atomic E-state index is -4.67. The molecule has 2 rings (SSSR count). The lowest BCUT2D eigenvalue weighted by Crippen LogP contribution is -2.20. The van der Waals surface area contributed by atoms with Gasteiger partial charge < -0.3 is 4.74 Å². The quantitative estimate of drug-likeness (QED) is 0.628. The van der Waals surface area contributed by atoms with Gasteiger partial charge in [0.1, 0.15) is 5.56 Å². The summed E-state index contributed by atoms with van der Waals surface area (Å²) in [5.74, 6) is -1.28. The second-order valence-electron chi connectivity index (χ2n) is 4.65. The molecular weight excluding hydrogens is 344 g/mol. The van der Waals surface area contributed by atoms with Crippen molar-refractivity contribution >= 4 is 5.97 Å². The van der Waals surface area contributed by atoms with Crippen molar-refractivity contribution in [2.75, 3.05) is 6.61 Å². The van der Waals surface area contributed by atoms with Gasteiger partial charge in [0, 0.05) is 6.20 Å². The number of esters is 1. The molecule has 0 aliphatic rings. The highest BCUT2D eigenvalue weighted by atomic mass is 19.4. The summed E-state index contributed by atoms with van der Waals surface area (Å²) < 4.78 is 78.7. The Balaban J connectivity index is 2.22. The van der Waals surface area contributed by atoms with Gasteiger partial charge in [0.05, 0.1) is 17.5 Å². The molecule has 0 atom stereocenters. The van der Waals surface area contributed by atoms with Crippen LogP contribution >= 0.6 is 0 Å². The fourth-order valence-electron chi connectivity index (χ4n) is 1.75. The van der Waals surface area contributed by atoms with Gasteiger partial charge in [0.15, 0.2) is 12.4 Å². The van der Waals surface area contributed by atoms with Gasteiger partial charge in [0.2, 0.25) is 0 Å². The fraction of sp³-hybridized carbons (Fsp3) is 0.308. The Morgan fingerprint density at radius 2 is 1.83 bits per heavy atom. The number of nitrogens with zero attached hydrogens (tertiary/aromatic N) is 3. The molecule has 0 unspecified atom stereocenters. The zero-order valence-electron chi connectivity index (χ0n) is 11.9. The van der Waals surface area contributed by atoms with Crippen LogP contribution in [-0.2, 0) is 10.9 Å². The molecule has 2 aromatic heterocycles. The van der Waals surface area contributed by atoms with Crippen molar-refractivity contribution in [3.63, 3.8) is 0 Å². The summed E-state index contributed by atoms with van der Waals surface area (Å²) >= 11 is 0. The number of alkyl halides is 6. The smallest absolute Gasteiger partial charge is 0.422 e. The number of rotatable bonds is 3. The highest BCUT2D eigenvalue weighted by Crippen LogP contribution is 2.28. The van der Waals surface area contributed by atoms with Crippen LogP contribution in [-0.4, -0.2) is 33.5 Å². The summed E-state index contributed by atoms with van der Waals surface area (Å²) in [5, 5.41) is 3.73. The Morgan fingerprint density at radius 3 is 2.33 bits per heavy atom. The van der Waals surface area contributed by atoms with E-state index < -0.39 is 30.5 Å². The van der Waals surface area contributed by atoms with Crippen molar-refractivity contribution in [3.05, 3.63) is 41.3 Å². The molecule has 0 saturated carbocycles. The normalized spacial score (nSPS) is 12.3. The van der Waals surface area contributed by atoms with E-state index in [1.54, 1.807) is 0 Å². The van der Waals surface area contributed by atoms with E-state index in [0.29, 0.717) is 6.20 Å². The summed E-state index contributed by atoms with van der Waals surface area (Å²) in [5.41, 5.74) is -1.14. The Hall–Kier alpha value is -2.59. The first-order valence-electron chi connectivity index (χ1n) is 6.31. The minimum absolute atomic E-state index is 0.0321. The van der Waals surface area contributed by atoms with Gasteiger partial charge in [-0.05, 0) is 19.1 Å². The number of carbonyl (C=O) groups is 1.